The van der Waals surface area contributed by atoms with E-state index < -0.39 is 23.2 Å². The van der Waals surface area contributed by atoms with Gasteiger partial charge < -0.3 is 4.74 Å². The van der Waals surface area contributed by atoms with E-state index in [2.05, 4.69) is 9.88 Å². The van der Waals surface area contributed by atoms with Crippen LogP contribution in [0.15, 0.2) is 54.9 Å². The molecule has 32 heavy (non-hydrogen) atoms. The molecule has 1 aromatic heterocycles. The number of nitrogens with zero attached hydrogens (tertiary/aromatic N) is 2. The topological polar surface area (TPSA) is 42.4 Å². The van der Waals surface area contributed by atoms with Crippen molar-refractivity contribution in [1.82, 2.24) is 9.88 Å². The quantitative estimate of drug-likeness (QED) is 0.552. The monoisotopic (exact) mass is 438 g/mol. The molecule has 0 bridgehead atoms. The average Bonchev–Trinajstić information content (AvgIpc) is 3.16. The van der Waals surface area contributed by atoms with Gasteiger partial charge in [0.2, 0.25) is 0 Å². The van der Waals surface area contributed by atoms with Gasteiger partial charge in [-0.25, -0.2) is 13.2 Å². The standard InChI is InChI=1S/C25H21F3N2O2/c26-21-4-3-17(12-23(21)28)24(31)16-1-2-18(22(27)11-16)14-30-9-6-25(7-10-30)20-13-29-8-5-19(20)15-32-25/h1-5,8,11-13H,6-7,9-10,14-15H2. The number of aromatic nitrogens is 1. The third-order valence-corrected chi connectivity index (χ3v) is 6.46. The van der Waals surface area contributed by atoms with Crippen LogP contribution in [-0.2, 0) is 23.5 Å². The second-order valence-corrected chi connectivity index (χ2v) is 8.36. The summed E-state index contributed by atoms with van der Waals surface area (Å²) >= 11 is 0. The molecule has 5 rings (SSSR count). The van der Waals surface area contributed by atoms with Gasteiger partial charge >= 0.3 is 0 Å². The Labute approximate surface area is 183 Å². The summed E-state index contributed by atoms with van der Waals surface area (Å²) in [4.78, 5) is 18.9. The molecule has 0 aliphatic carbocycles. The molecular weight excluding hydrogens is 417 g/mol. The van der Waals surface area contributed by atoms with Crippen LogP contribution in [0.5, 0.6) is 0 Å². The van der Waals surface area contributed by atoms with Crippen molar-refractivity contribution in [3.05, 3.63) is 100 Å². The Hall–Kier alpha value is -3.03. The lowest BCUT2D eigenvalue weighted by molar-refractivity contribution is -0.0801. The van der Waals surface area contributed by atoms with Crippen molar-refractivity contribution in [3.8, 4) is 0 Å². The van der Waals surface area contributed by atoms with Crippen LogP contribution in [0.4, 0.5) is 13.2 Å². The minimum Gasteiger partial charge on any atom is -0.365 e. The van der Waals surface area contributed by atoms with E-state index in [0.717, 1.165) is 49.7 Å². The molecule has 1 spiro atoms. The number of likely N-dealkylation sites (tertiary alicyclic amines) is 1. The summed E-state index contributed by atoms with van der Waals surface area (Å²) in [7, 11) is 0. The third kappa shape index (κ3) is 3.72. The van der Waals surface area contributed by atoms with Gasteiger partial charge in [0, 0.05) is 54.3 Å². The van der Waals surface area contributed by atoms with Crippen LogP contribution >= 0.6 is 0 Å². The van der Waals surface area contributed by atoms with Crippen LogP contribution in [0.2, 0.25) is 0 Å². The summed E-state index contributed by atoms with van der Waals surface area (Å²) in [5, 5.41) is 0. The van der Waals surface area contributed by atoms with Gasteiger partial charge in [0.1, 0.15) is 5.82 Å². The molecule has 0 radical (unpaired) electrons. The van der Waals surface area contributed by atoms with Crippen LogP contribution in [0.1, 0.15) is 45.5 Å². The summed E-state index contributed by atoms with van der Waals surface area (Å²) in [5.74, 6) is -3.19. The SMILES string of the molecule is O=C(c1ccc(F)c(F)c1)c1ccc(CN2CCC3(CC2)OCc2ccncc23)c(F)c1. The number of hydrogen-bond acceptors (Lipinski definition) is 4. The van der Waals surface area contributed by atoms with Crippen molar-refractivity contribution >= 4 is 5.78 Å². The highest BCUT2D eigenvalue weighted by atomic mass is 19.2. The summed E-state index contributed by atoms with van der Waals surface area (Å²) in [6, 6.07) is 9.16. The molecule has 2 aliphatic rings. The Balaban J connectivity index is 1.26. The fraction of sp³-hybridized carbons (Fsp3) is 0.280. The van der Waals surface area contributed by atoms with Gasteiger partial charge in [-0.3, -0.25) is 14.7 Å². The molecule has 1 fully saturated rings. The molecule has 0 unspecified atom stereocenters. The van der Waals surface area contributed by atoms with Crippen molar-refractivity contribution in [2.75, 3.05) is 13.1 Å². The van der Waals surface area contributed by atoms with Gasteiger partial charge in [-0.1, -0.05) is 12.1 Å². The number of fused-ring (bicyclic) bond motifs is 2. The first-order valence-corrected chi connectivity index (χ1v) is 10.5. The van der Waals surface area contributed by atoms with E-state index in [0.29, 0.717) is 18.7 Å². The van der Waals surface area contributed by atoms with Gasteiger partial charge in [-0.05, 0) is 48.7 Å². The lowest BCUT2D eigenvalue weighted by atomic mass is 9.84. The zero-order chi connectivity index (χ0) is 22.3. The number of rotatable bonds is 4. The Kier molecular flexibility index (Phi) is 5.31. The van der Waals surface area contributed by atoms with Crippen molar-refractivity contribution in [2.45, 2.75) is 31.6 Å². The van der Waals surface area contributed by atoms with Crippen molar-refractivity contribution in [1.29, 1.82) is 0 Å². The van der Waals surface area contributed by atoms with Gasteiger partial charge in [0.15, 0.2) is 17.4 Å². The van der Waals surface area contributed by atoms with Gasteiger partial charge in [0.05, 0.1) is 12.2 Å². The number of ketones is 1. The maximum absolute atomic E-state index is 14.8. The second-order valence-electron chi connectivity index (χ2n) is 8.36. The summed E-state index contributed by atoms with van der Waals surface area (Å²) in [6.07, 6.45) is 5.28. The fourth-order valence-electron chi connectivity index (χ4n) is 4.60. The lowest BCUT2D eigenvalue weighted by Gasteiger charge is -2.39. The summed E-state index contributed by atoms with van der Waals surface area (Å²) in [5.41, 5.74) is 2.59. The number of carbonyl (C=O) groups excluding carboxylic acids is 1. The molecule has 4 nitrogen and oxygen atoms in total. The third-order valence-electron chi connectivity index (χ3n) is 6.46. The van der Waals surface area contributed by atoms with E-state index in [1.807, 2.05) is 12.3 Å². The number of hydrogen-bond donors (Lipinski definition) is 0. The van der Waals surface area contributed by atoms with Crippen LogP contribution in [0.25, 0.3) is 0 Å². The Bertz CT molecular complexity index is 1190. The summed E-state index contributed by atoms with van der Waals surface area (Å²) < 4.78 is 47.5. The molecule has 3 heterocycles. The second kappa shape index (κ2) is 8.15. The molecular formula is C25H21F3N2O2. The largest absolute Gasteiger partial charge is 0.365 e. The van der Waals surface area contributed by atoms with E-state index in [1.165, 1.54) is 17.7 Å². The maximum atomic E-state index is 14.8. The van der Waals surface area contributed by atoms with E-state index in [1.54, 1.807) is 12.3 Å². The van der Waals surface area contributed by atoms with E-state index in [9.17, 15) is 18.0 Å². The van der Waals surface area contributed by atoms with Crippen molar-refractivity contribution in [3.63, 3.8) is 0 Å². The first kappa shape index (κ1) is 20.8. The fourth-order valence-corrected chi connectivity index (χ4v) is 4.60. The maximum Gasteiger partial charge on any atom is 0.193 e. The number of piperidine rings is 1. The minimum atomic E-state index is -1.11. The van der Waals surface area contributed by atoms with Crippen LogP contribution in [0.3, 0.4) is 0 Å². The molecule has 7 heteroatoms. The highest BCUT2D eigenvalue weighted by molar-refractivity contribution is 6.09. The number of halogens is 3. The van der Waals surface area contributed by atoms with Gasteiger partial charge in [-0.2, -0.15) is 0 Å². The molecule has 0 saturated carbocycles. The molecule has 2 aromatic carbocycles. The first-order valence-electron chi connectivity index (χ1n) is 10.5. The normalized spacial score (nSPS) is 17.5. The highest BCUT2D eigenvalue weighted by Gasteiger charge is 2.42. The van der Waals surface area contributed by atoms with Crippen LogP contribution in [-0.4, -0.2) is 28.8 Å². The molecule has 1 saturated heterocycles. The van der Waals surface area contributed by atoms with E-state index in [4.69, 9.17) is 4.74 Å². The van der Waals surface area contributed by atoms with Crippen LogP contribution < -0.4 is 0 Å². The molecule has 2 aliphatic heterocycles. The number of carbonyl (C=O) groups is 1. The predicted molar refractivity (Wildman–Crippen MR) is 111 cm³/mol. The zero-order valence-electron chi connectivity index (χ0n) is 17.3. The lowest BCUT2D eigenvalue weighted by Crippen LogP contribution is -2.42. The van der Waals surface area contributed by atoms with Gasteiger partial charge in [0.25, 0.3) is 0 Å². The zero-order valence-corrected chi connectivity index (χ0v) is 17.3. The number of pyridine rings is 1. The van der Waals surface area contributed by atoms with Crippen molar-refractivity contribution in [2.24, 2.45) is 0 Å². The molecule has 164 valence electrons. The Morgan fingerprint density at radius 2 is 1.69 bits per heavy atom. The molecule has 0 atom stereocenters. The molecule has 3 aromatic rings. The number of ether oxygens (including phenoxy) is 1. The number of benzene rings is 2. The van der Waals surface area contributed by atoms with Gasteiger partial charge in [-0.15, -0.1) is 0 Å². The average molecular weight is 438 g/mol. The molecule has 0 N–H and O–H groups in total. The van der Waals surface area contributed by atoms with E-state index in [-0.39, 0.29) is 16.7 Å². The minimum absolute atomic E-state index is 0.0243. The predicted octanol–water partition coefficient (Wildman–Crippen LogP) is 4.75. The highest BCUT2D eigenvalue weighted by Crippen LogP contribution is 2.43. The Morgan fingerprint density at radius 3 is 2.41 bits per heavy atom. The van der Waals surface area contributed by atoms with E-state index >= 15 is 0 Å². The van der Waals surface area contributed by atoms with Crippen molar-refractivity contribution < 1.29 is 22.7 Å². The van der Waals surface area contributed by atoms with Crippen LogP contribution in [0, 0.1) is 17.5 Å². The summed E-state index contributed by atoms with van der Waals surface area (Å²) in [6.45, 7) is 2.52. The molecule has 0 amide bonds. The Morgan fingerprint density at radius 1 is 0.969 bits per heavy atom. The smallest absolute Gasteiger partial charge is 0.193 e. The first-order chi connectivity index (χ1) is 15.4.